The fourth-order valence-corrected chi connectivity index (χ4v) is 1.17. The summed E-state index contributed by atoms with van der Waals surface area (Å²) in [6.45, 7) is 10.9. The van der Waals surface area contributed by atoms with Crippen molar-refractivity contribution in [2.24, 2.45) is 0 Å². The highest BCUT2D eigenvalue weighted by atomic mass is 16.6. The van der Waals surface area contributed by atoms with Crippen LogP contribution < -0.4 is 5.32 Å². The second-order valence-corrected chi connectivity index (χ2v) is 5.13. The summed E-state index contributed by atoms with van der Waals surface area (Å²) in [4.78, 5) is 22.7. The van der Waals surface area contributed by atoms with Crippen molar-refractivity contribution < 1.29 is 19.1 Å². The van der Waals surface area contributed by atoms with Crippen LogP contribution in [0.5, 0.6) is 0 Å². The van der Waals surface area contributed by atoms with E-state index in [0.29, 0.717) is 12.9 Å². The van der Waals surface area contributed by atoms with Crippen LogP contribution in [-0.2, 0) is 14.3 Å². The van der Waals surface area contributed by atoms with Crippen LogP contribution in [0, 0.1) is 0 Å². The van der Waals surface area contributed by atoms with E-state index in [1.807, 2.05) is 6.92 Å². The van der Waals surface area contributed by atoms with Gasteiger partial charge in [0.15, 0.2) is 0 Å². The number of ether oxygens (including phenoxy) is 2. The maximum Gasteiger partial charge on any atom is 0.408 e. The highest BCUT2D eigenvalue weighted by molar-refractivity contribution is 5.76. The number of amides is 1. The first-order valence-electron chi connectivity index (χ1n) is 5.73. The zero-order valence-electron chi connectivity index (χ0n) is 11.5. The minimum atomic E-state index is -1.08. The summed E-state index contributed by atoms with van der Waals surface area (Å²) in [7, 11) is 0. The predicted octanol–water partition coefficient (Wildman–Crippen LogP) is 1.89. The molecule has 0 aromatic carbocycles. The summed E-state index contributed by atoms with van der Waals surface area (Å²) < 4.78 is 10.4. The summed E-state index contributed by atoms with van der Waals surface area (Å²) in [6.07, 6.45) is -0.381. The summed E-state index contributed by atoms with van der Waals surface area (Å²) in [6, 6.07) is 0. The summed E-state index contributed by atoms with van der Waals surface area (Å²) in [5.41, 5.74) is -1.68. The zero-order chi connectivity index (χ0) is 13.7. The Morgan fingerprint density at radius 3 is 2.24 bits per heavy atom. The van der Waals surface area contributed by atoms with Gasteiger partial charge in [0, 0.05) is 6.61 Å². The average molecular weight is 245 g/mol. The Labute approximate surface area is 103 Å². The normalized spacial score (nSPS) is 16.8. The lowest BCUT2D eigenvalue weighted by molar-refractivity contribution is -0.118. The van der Waals surface area contributed by atoms with Crippen molar-refractivity contribution in [3.05, 3.63) is 0 Å². The maximum atomic E-state index is 11.6. The van der Waals surface area contributed by atoms with Gasteiger partial charge in [-0.1, -0.05) is 0 Å². The van der Waals surface area contributed by atoms with E-state index in [-0.39, 0.29) is 0 Å². The first-order valence-corrected chi connectivity index (χ1v) is 5.73. The van der Waals surface area contributed by atoms with E-state index >= 15 is 0 Å². The fourth-order valence-electron chi connectivity index (χ4n) is 1.17. The second kappa shape index (κ2) is 6.00. The Balaban J connectivity index is 4.58. The third-order valence-corrected chi connectivity index (χ3v) is 2.28. The van der Waals surface area contributed by atoms with Crippen molar-refractivity contribution in [3.8, 4) is 0 Å². The van der Waals surface area contributed by atoms with Crippen LogP contribution in [0.3, 0.4) is 0 Å². The lowest BCUT2D eigenvalue weighted by atomic mass is 9.98. The van der Waals surface area contributed by atoms with E-state index in [9.17, 15) is 9.59 Å². The molecule has 0 aliphatic heterocycles. The molecule has 2 atom stereocenters. The van der Waals surface area contributed by atoms with Crippen LogP contribution in [-0.4, -0.2) is 36.2 Å². The number of alkyl carbamates (subject to hydrolysis) is 1. The van der Waals surface area contributed by atoms with Crippen LogP contribution >= 0.6 is 0 Å². The third-order valence-electron chi connectivity index (χ3n) is 2.28. The van der Waals surface area contributed by atoms with E-state index in [2.05, 4.69) is 5.32 Å². The molecule has 0 heterocycles. The number of hydrogen-bond acceptors (Lipinski definition) is 4. The van der Waals surface area contributed by atoms with Gasteiger partial charge in [0.2, 0.25) is 0 Å². The van der Waals surface area contributed by atoms with Gasteiger partial charge < -0.3 is 19.6 Å². The molecule has 17 heavy (non-hydrogen) atoms. The standard InChI is InChI=1S/C12H23NO4/c1-7-16-9(2)12(6,8-14)13-10(15)17-11(3,4)5/h8-9H,7H2,1-6H3,(H,13,15). The van der Waals surface area contributed by atoms with Crippen LogP contribution in [0.1, 0.15) is 41.5 Å². The molecule has 100 valence electrons. The second-order valence-electron chi connectivity index (χ2n) is 5.13. The van der Waals surface area contributed by atoms with Gasteiger partial charge in [-0.15, -0.1) is 0 Å². The quantitative estimate of drug-likeness (QED) is 0.751. The number of carbonyl (C=O) groups excluding carboxylic acids is 2. The van der Waals surface area contributed by atoms with Gasteiger partial charge in [0.25, 0.3) is 0 Å². The summed E-state index contributed by atoms with van der Waals surface area (Å²) >= 11 is 0. The van der Waals surface area contributed by atoms with E-state index in [1.54, 1.807) is 34.6 Å². The van der Waals surface area contributed by atoms with Gasteiger partial charge in [-0.2, -0.15) is 0 Å². The summed E-state index contributed by atoms with van der Waals surface area (Å²) in [5.74, 6) is 0. The molecule has 0 saturated heterocycles. The number of aldehydes is 1. The number of nitrogens with one attached hydrogen (secondary N) is 1. The van der Waals surface area contributed by atoms with Crippen molar-refractivity contribution in [2.45, 2.75) is 58.8 Å². The predicted molar refractivity (Wildman–Crippen MR) is 64.9 cm³/mol. The Morgan fingerprint density at radius 2 is 1.88 bits per heavy atom. The molecule has 0 aromatic rings. The Bertz CT molecular complexity index is 272. The fraction of sp³-hybridized carbons (Fsp3) is 0.833. The molecule has 0 aromatic heterocycles. The smallest absolute Gasteiger partial charge is 0.408 e. The largest absolute Gasteiger partial charge is 0.444 e. The van der Waals surface area contributed by atoms with Crippen molar-refractivity contribution in [1.29, 1.82) is 0 Å². The van der Waals surface area contributed by atoms with Crippen LogP contribution in [0.2, 0.25) is 0 Å². The van der Waals surface area contributed by atoms with Crippen LogP contribution in [0.15, 0.2) is 0 Å². The monoisotopic (exact) mass is 245 g/mol. The van der Waals surface area contributed by atoms with Gasteiger partial charge in [-0.25, -0.2) is 4.79 Å². The Morgan fingerprint density at radius 1 is 1.35 bits per heavy atom. The van der Waals surface area contributed by atoms with Gasteiger partial charge in [-0.3, -0.25) is 0 Å². The number of carbonyl (C=O) groups is 2. The van der Waals surface area contributed by atoms with E-state index in [0.717, 1.165) is 0 Å². The van der Waals surface area contributed by atoms with Gasteiger partial charge in [0.1, 0.15) is 17.4 Å². The highest BCUT2D eigenvalue weighted by Gasteiger charge is 2.34. The molecule has 5 heteroatoms. The average Bonchev–Trinajstić information content (AvgIpc) is 2.14. The van der Waals surface area contributed by atoms with Gasteiger partial charge in [-0.05, 0) is 41.5 Å². The molecular formula is C12H23NO4. The van der Waals surface area contributed by atoms with Gasteiger partial charge in [0.05, 0.1) is 6.10 Å². The molecule has 0 fully saturated rings. The van der Waals surface area contributed by atoms with Crippen LogP contribution in [0.4, 0.5) is 4.79 Å². The minimum Gasteiger partial charge on any atom is -0.444 e. The first-order chi connectivity index (χ1) is 7.64. The number of rotatable bonds is 5. The molecule has 0 radical (unpaired) electrons. The zero-order valence-corrected chi connectivity index (χ0v) is 11.5. The Hall–Kier alpha value is -1.10. The topological polar surface area (TPSA) is 64.6 Å². The molecule has 2 unspecified atom stereocenters. The molecule has 5 nitrogen and oxygen atoms in total. The molecule has 1 amide bonds. The first kappa shape index (κ1) is 15.9. The maximum absolute atomic E-state index is 11.6. The van der Waals surface area contributed by atoms with E-state index < -0.39 is 23.3 Å². The Kier molecular flexibility index (Phi) is 5.61. The van der Waals surface area contributed by atoms with Crippen molar-refractivity contribution in [3.63, 3.8) is 0 Å². The SMILES string of the molecule is CCOC(C)C(C)(C=O)NC(=O)OC(C)(C)C. The van der Waals surface area contributed by atoms with Crippen molar-refractivity contribution >= 4 is 12.4 Å². The molecule has 0 bridgehead atoms. The molecule has 0 spiro atoms. The third kappa shape index (κ3) is 5.68. The lowest BCUT2D eigenvalue weighted by Gasteiger charge is -2.32. The van der Waals surface area contributed by atoms with Crippen LogP contribution in [0.25, 0.3) is 0 Å². The van der Waals surface area contributed by atoms with Crippen molar-refractivity contribution in [2.75, 3.05) is 6.61 Å². The molecule has 0 aliphatic carbocycles. The van der Waals surface area contributed by atoms with Gasteiger partial charge >= 0.3 is 6.09 Å². The molecule has 0 aliphatic rings. The summed E-state index contributed by atoms with van der Waals surface area (Å²) in [5, 5.41) is 2.53. The molecule has 1 N–H and O–H groups in total. The van der Waals surface area contributed by atoms with Crippen molar-refractivity contribution in [1.82, 2.24) is 5.32 Å². The number of hydrogen-bond donors (Lipinski definition) is 1. The molecular weight excluding hydrogens is 222 g/mol. The highest BCUT2D eigenvalue weighted by Crippen LogP contribution is 2.13. The lowest BCUT2D eigenvalue weighted by Crippen LogP contribution is -2.56. The minimum absolute atomic E-state index is 0.419. The molecule has 0 rings (SSSR count). The molecule has 0 saturated carbocycles. The van der Waals surface area contributed by atoms with E-state index in [4.69, 9.17) is 9.47 Å². The van der Waals surface area contributed by atoms with E-state index in [1.165, 1.54) is 0 Å².